The number of fused-ring (bicyclic) bond motifs is 2. The van der Waals surface area contributed by atoms with Crippen LogP contribution in [0.3, 0.4) is 0 Å². The van der Waals surface area contributed by atoms with E-state index in [0.717, 1.165) is 18.7 Å². The molecule has 0 bridgehead atoms. The van der Waals surface area contributed by atoms with Crippen molar-refractivity contribution in [3.63, 3.8) is 0 Å². The number of para-hydroxylation sites is 1. The van der Waals surface area contributed by atoms with Gasteiger partial charge in [0.1, 0.15) is 0 Å². The second kappa shape index (κ2) is 4.79. The van der Waals surface area contributed by atoms with E-state index in [-0.39, 0.29) is 5.41 Å². The molecule has 110 valence electrons. The lowest BCUT2D eigenvalue weighted by molar-refractivity contribution is -0.113. The van der Waals surface area contributed by atoms with Gasteiger partial charge in [-0.25, -0.2) is 0 Å². The quantitative estimate of drug-likeness (QED) is 0.939. The van der Waals surface area contributed by atoms with E-state index in [0.29, 0.717) is 18.1 Å². The zero-order chi connectivity index (χ0) is 14.4. The average Bonchev–Trinajstić information content (AvgIpc) is 2.94. The Morgan fingerprint density at radius 3 is 3.05 bits per heavy atom. The van der Waals surface area contributed by atoms with Crippen molar-refractivity contribution in [1.82, 2.24) is 10.3 Å². The summed E-state index contributed by atoms with van der Waals surface area (Å²) in [6.07, 6.45) is 3.51. The Balaban J connectivity index is 1.54. The fraction of sp³-hybridized carbons (Fsp3) is 0.500. The second-order valence-corrected chi connectivity index (χ2v) is 6.92. The number of ether oxygens (including phenoxy) is 1. The zero-order valence-corrected chi connectivity index (χ0v) is 12.7. The van der Waals surface area contributed by atoms with Crippen LogP contribution in [0.5, 0.6) is 0 Å². The third-order valence-electron chi connectivity index (χ3n) is 5.33. The van der Waals surface area contributed by atoms with Crippen molar-refractivity contribution >= 4 is 10.9 Å². The van der Waals surface area contributed by atoms with E-state index < -0.39 is 0 Å². The summed E-state index contributed by atoms with van der Waals surface area (Å²) in [5.41, 5.74) is 2.63. The van der Waals surface area contributed by atoms with Crippen LogP contribution in [-0.2, 0) is 11.3 Å². The first-order chi connectivity index (χ1) is 10.2. The van der Waals surface area contributed by atoms with Crippen LogP contribution in [0.4, 0.5) is 0 Å². The molecule has 3 nitrogen and oxygen atoms in total. The normalized spacial score (nSPS) is 30.1. The SMILES string of the molecule is CC1(C)C(NCc2cccc3cccnc23)C2CCOC21. The van der Waals surface area contributed by atoms with E-state index in [1.807, 2.05) is 12.3 Å². The lowest BCUT2D eigenvalue weighted by atomic mass is 9.57. The molecule has 1 aromatic heterocycles. The van der Waals surface area contributed by atoms with Crippen LogP contribution in [0.2, 0.25) is 0 Å². The van der Waals surface area contributed by atoms with E-state index in [1.165, 1.54) is 17.4 Å². The number of hydrogen-bond acceptors (Lipinski definition) is 3. The van der Waals surface area contributed by atoms with Crippen molar-refractivity contribution in [2.45, 2.75) is 39.0 Å². The van der Waals surface area contributed by atoms with Crippen LogP contribution in [-0.4, -0.2) is 23.7 Å². The van der Waals surface area contributed by atoms with Gasteiger partial charge in [0.2, 0.25) is 0 Å². The molecule has 1 aromatic carbocycles. The Morgan fingerprint density at radius 1 is 1.29 bits per heavy atom. The van der Waals surface area contributed by atoms with Gasteiger partial charge in [-0.3, -0.25) is 4.98 Å². The topological polar surface area (TPSA) is 34.2 Å². The van der Waals surface area contributed by atoms with Gasteiger partial charge >= 0.3 is 0 Å². The first-order valence-electron chi connectivity index (χ1n) is 7.85. The molecule has 2 heterocycles. The van der Waals surface area contributed by atoms with Crippen molar-refractivity contribution in [3.8, 4) is 0 Å². The molecule has 1 N–H and O–H groups in total. The summed E-state index contributed by atoms with van der Waals surface area (Å²) in [5, 5.41) is 4.98. The third kappa shape index (κ3) is 1.99. The molecule has 2 aromatic rings. The maximum Gasteiger partial charge on any atom is 0.0746 e. The number of rotatable bonds is 3. The van der Waals surface area contributed by atoms with Crippen molar-refractivity contribution < 1.29 is 4.74 Å². The molecule has 0 spiro atoms. The summed E-state index contributed by atoms with van der Waals surface area (Å²) >= 11 is 0. The number of nitrogens with zero attached hydrogens (tertiary/aromatic N) is 1. The summed E-state index contributed by atoms with van der Waals surface area (Å²) in [6, 6.07) is 11.1. The molecule has 1 saturated carbocycles. The van der Waals surface area contributed by atoms with Crippen LogP contribution in [0.1, 0.15) is 25.8 Å². The summed E-state index contributed by atoms with van der Waals surface area (Å²) in [6.45, 7) is 6.44. The molecule has 1 saturated heterocycles. The largest absolute Gasteiger partial charge is 0.377 e. The number of pyridine rings is 1. The number of aromatic nitrogens is 1. The van der Waals surface area contributed by atoms with E-state index in [4.69, 9.17) is 4.74 Å². The van der Waals surface area contributed by atoms with Gasteiger partial charge in [-0.15, -0.1) is 0 Å². The standard InChI is InChI=1S/C18H22N2O/c1-18(2)16(14-8-10-21-17(14)18)20-11-13-6-3-5-12-7-4-9-19-15(12)13/h3-7,9,14,16-17,20H,8,10-11H2,1-2H3. The summed E-state index contributed by atoms with van der Waals surface area (Å²) < 4.78 is 5.87. The fourth-order valence-corrected chi connectivity index (χ4v) is 4.27. The Bertz CT molecular complexity index is 662. The van der Waals surface area contributed by atoms with Gasteiger partial charge in [0.15, 0.2) is 0 Å². The summed E-state index contributed by atoms with van der Waals surface area (Å²) in [7, 11) is 0. The highest BCUT2D eigenvalue weighted by molar-refractivity contribution is 5.81. The maximum atomic E-state index is 5.87. The molecule has 0 amide bonds. The number of nitrogens with one attached hydrogen (secondary N) is 1. The van der Waals surface area contributed by atoms with Gasteiger partial charge in [-0.1, -0.05) is 38.1 Å². The van der Waals surface area contributed by atoms with E-state index in [2.05, 4.69) is 48.4 Å². The maximum absolute atomic E-state index is 5.87. The van der Waals surface area contributed by atoms with Crippen molar-refractivity contribution in [2.24, 2.45) is 11.3 Å². The average molecular weight is 282 g/mol. The molecule has 4 rings (SSSR count). The monoisotopic (exact) mass is 282 g/mol. The second-order valence-electron chi connectivity index (χ2n) is 6.92. The molecule has 2 aliphatic rings. The fourth-order valence-electron chi connectivity index (χ4n) is 4.27. The van der Waals surface area contributed by atoms with Crippen molar-refractivity contribution in [1.29, 1.82) is 0 Å². The minimum Gasteiger partial charge on any atom is -0.377 e. The van der Waals surface area contributed by atoms with Crippen LogP contribution < -0.4 is 5.32 Å². The highest BCUT2D eigenvalue weighted by Gasteiger charge is 2.58. The number of hydrogen-bond donors (Lipinski definition) is 1. The van der Waals surface area contributed by atoms with Gasteiger partial charge in [-0.05, 0) is 18.1 Å². The minimum absolute atomic E-state index is 0.235. The Morgan fingerprint density at radius 2 is 2.14 bits per heavy atom. The summed E-state index contributed by atoms with van der Waals surface area (Å²) in [5.74, 6) is 0.683. The predicted octanol–water partition coefficient (Wildman–Crippen LogP) is 3.14. The minimum atomic E-state index is 0.235. The van der Waals surface area contributed by atoms with Crippen molar-refractivity contribution in [3.05, 3.63) is 42.1 Å². The third-order valence-corrected chi connectivity index (χ3v) is 5.33. The lowest BCUT2D eigenvalue weighted by Crippen LogP contribution is -2.65. The molecular weight excluding hydrogens is 260 g/mol. The molecule has 3 heteroatoms. The molecular formula is C18H22N2O. The Kier molecular flexibility index (Phi) is 3.02. The molecule has 1 aliphatic heterocycles. The van der Waals surface area contributed by atoms with Gasteiger partial charge in [-0.2, -0.15) is 0 Å². The Hall–Kier alpha value is -1.45. The highest BCUT2D eigenvalue weighted by atomic mass is 16.5. The van der Waals surface area contributed by atoms with Crippen LogP contribution >= 0.6 is 0 Å². The van der Waals surface area contributed by atoms with Crippen LogP contribution in [0, 0.1) is 11.3 Å². The lowest BCUT2D eigenvalue weighted by Gasteiger charge is -2.55. The molecule has 2 fully saturated rings. The van der Waals surface area contributed by atoms with Crippen molar-refractivity contribution in [2.75, 3.05) is 6.61 Å². The molecule has 0 radical (unpaired) electrons. The van der Waals surface area contributed by atoms with Gasteiger partial charge in [0, 0.05) is 42.1 Å². The Labute approximate surface area is 125 Å². The number of benzene rings is 1. The zero-order valence-electron chi connectivity index (χ0n) is 12.7. The van der Waals surface area contributed by atoms with E-state index >= 15 is 0 Å². The van der Waals surface area contributed by atoms with Gasteiger partial charge < -0.3 is 10.1 Å². The van der Waals surface area contributed by atoms with E-state index in [9.17, 15) is 0 Å². The smallest absolute Gasteiger partial charge is 0.0746 e. The van der Waals surface area contributed by atoms with E-state index in [1.54, 1.807) is 0 Å². The molecule has 1 aliphatic carbocycles. The highest BCUT2D eigenvalue weighted by Crippen LogP contribution is 2.52. The van der Waals surface area contributed by atoms with Gasteiger partial charge in [0.05, 0.1) is 11.6 Å². The molecule has 3 atom stereocenters. The summed E-state index contributed by atoms with van der Waals surface area (Å²) in [4.78, 5) is 4.54. The molecule has 3 unspecified atom stereocenters. The first kappa shape index (κ1) is 13.2. The van der Waals surface area contributed by atoms with Crippen LogP contribution in [0.15, 0.2) is 36.5 Å². The van der Waals surface area contributed by atoms with Crippen LogP contribution in [0.25, 0.3) is 10.9 Å². The predicted molar refractivity (Wildman–Crippen MR) is 84.0 cm³/mol. The van der Waals surface area contributed by atoms with Gasteiger partial charge in [0.25, 0.3) is 0 Å². The first-order valence-corrected chi connectivity index (χ1v) is 7.85. The molecule has 21 heavy (non-hydrogen) atoms.